The van der Waals surface area contributed by atoms with Crippen LogP contribution in [-0.4, -0.2) is 72.1 Å². The lowest BCUT2D eigenvalue weighted by Gasteiger charge is -2.30. The molecule has 2 atom stereocenters. The second-order valence-corrected chi connectivity index (χ2v) is 13.4. The summed E-state index contributed by atoms with van der Waals surface area (Å²) in [5, 5.41) is 23.0. The Balaban J connectivity index is 1.45. The van der Waals surface area contributed by atoms with Crippen LogP contribution in [-0.2, 0) is 48.9 Å². The molecule has 3 amide bonds. The number of aldehydes is 1. The summed E-state index contributed by atoms with van der Waals surface area (Å²) in [5.41, 5.74) is 0.702. The number of aryl methyl sites for hydroxylation is 1. The topological polar surface area (TPSA) is 181 Å². The minimum atomic E-state index is -1.88. The van der Waals surface area contributed by atoms with Crippen molar-refractivity contribution in [2.24, 2.45) is 5.41 Å². The molecule has 0 spiro atoms. The van der Waals surface area contributed by atoms with Crippen molar-refractivity contribution in [2.75, 3.05) is 33.5 Å². The number of ether oxygens (including phenoxy) is 1. The van der Waals surface area contributed by atoms with Crippen molar-refractivity contribution in [1.82, 2.24) is 30.8 Å². The van der Waals surface area contributed by atoms with Gasteiger partial charge >= 0.3 is 0 Å². The monoisotopic (exact) mass is 706 g/mol. The Labute approximate surface area is 295 Å². The molecule has 3 aromatic rings. The second-order valence-electron chi connectivity index (χ2n) is 13.4. The summed E-state index contributed by atoms with van der Waals surface area (Å²) in [6.45, 7) is 7.14. The van der Waals surface area contributed by atoms with E-state index < -0.39 is 28.8 Å². The molecule has 0 aliphatic heterocycles. The van der Waals surface area contributed by atoms with Gasteiger partial charge in [0.2, 0.25) is 17.7 Å². The zero-order valence-corrected chi connectivity index (χ0v) is 29.8. The van der Waals surface area contributed by atoms with Crippen LogP contribution in [0.2, 0.25) is 0 Å². The van der Waals surface area contributed by atoms with Crippen molar-refractivity contribution in [3.63, 3.8) is 0 Å². The van der Waals surface area contributed by atoms with Crippen molar-refractivity contribution in [2.45, 2.75) is 84.4 Å². The van der Waals surface area contributed by atoms with E-state index in [-0.39, 0.29) is 62.3 Å². The zero-order valence-electron chi connectivity index (χ0n) is 29.8. The lowest BCUT2D eigenvalue weighted by Crippen LogP contribution is -2.42. The Kier molecular flexibility index (Phi) is 11.4. The van der Waals surface area contributed by atoms with Gasteiger partial charge in [-0.25, -0.2) is 9.37 Å². The minimum absolute atomic E-state index is 0.0594. The van der Waals surface area contributed by atoms with E-state index in [9.17, 15) is 29.1 Å². The molecule has 0 bridgehead atoms. The third-order valence-corrected chi connectivity index (χ3v) is 10.2. The van der Waals surface area contributed by atoms with E-state index in [4.69, 9.17) is 9.72 Å². The van der Waals surface area contributed by atoms with E-state index >= 15 is 4.39 Å². The normalized spacial score (nSPS) is 17.0. The Hall–Kier alpha value is -4.53. The number of amides is 3. The Bertz CT molecular complexity index is 1920. The molecule has 14 heteroatoms. The van der Waals surface area contributed by atoms with E-state index in [1.54, 1.807) is 33.9 Å². The number of benzene rings is 1. The summed E-state index contributed by atoms with van der Waals surface area (Å²) >= 11 is 0. The molecule has 5 rings (SSSR count). The Morgan fingerprint density at radius 3 is 2.49 bits per heavy atom. The van der Waals surface area contributed by atoms with Crippen LogP contribution in [0.15, 0.2) is 23.0 Å². The molecule has 0 radical (unpaired) electrons. The van der Waals surface area contributed by atoms with Gasteiger partial charge in [-0.3, -0.25) is 24.0 Å². The Morgan fingerprint density at radius 2 is 1.86 bits per heavy atom. The molecule has 2 aliphatic carbocycles. The van der Waals surface area contributed by atoms with Crippen molar-refractivity contribution in [1.29, 1.82) is 0 Å². The van der Waals surface area contributed by atoms with Gasteiger partial charge in [0.25, 0.3) is 5.56 Å². The lowest BCUT2D eigenvalue weighted by atomic mass is 9.83. The molecule has 51 heavy (non-hydrogen) atoms. The third-order valence-electron chi connectivity index (χ3n) is 10.2. The first-order chi connectivity index (χ1) is 24.4. The predicted octanol–water partition coefficient (Wildman–Crippen LogP) is 2.20. The molecule has 1 saturated carbocycles. The number of aromatic nitrogens is 2. The molecular weight excluding hydrogens is 659 g/mol. The van der Waals surface area contributed by atoms with Crippen LogP contribution in [0.1, 0.15) is 80.3 Å². The smallest absolute Gasteiger partial charge is 0.254 e. The molecule has 1 fully saturated rings. The quantitative estimate of drug-likeness (QED) is 0.0848. The van der Waals surface area contributed by atoms with Gasteiger partial charge in [-0.2, -0.15) is 0 Å². The third kappa shape index (κ3) is 7.44. The SMILES string of the molecule is CCc1c([C@](O)(C=O)CC)cc(-c2cc3c4c(c(C)c(F)cc4n2)CCC3NC(=O)C2(COCNC(=O)CNC(=O)CNC)CC2)n(CC)c1=O. The van der Waals surface area contributed by atoms with Crippen LogP contribution >= 0.6 is 0 Å². The molecule has 2 aliphatic rings. The fourth-order valence-corrected chi connectivity index (χ4v) is 6.91. The van der Waals surface area contributed by atoms with Crippen molar-refractivity contribution in [3.8, 4) is 11.4 Å². The van der Waals surface area contributed by atoms with Crippen LogP contribution in [0.25, 0.3) is 22.3 Å². The van der Waals surface area contributed by atoms with Gasteiger partial charge in [-0.1, -0.05) is 13.8 Å². The average molecular weight is 707 g/mol. The number of rotatable bonds is 16. The van der Waals surface area contributed by atoms with Crippen LogP contribution in [0, 0.1) is 18.2 Å². The second kappa shape index (κ2) is 15.4. The van der Waals surface area contributed by atoms with Crippen LogP contribution in [0.5, 0.6) is 0 Å². The van der Waals surface area contributed by atoms with Crippen molar-refractivity contribution >= 4 is 34.9 Å². The van der Waals surface area contributed by atoms with Crippen LogP contribution in [0.3, 0.4) is 0 Å². The summed E-state index contributed by atoms with van der Waals surface area (Å²) in [5.74, 6) is -1.35. The number of hydrogen-bond donors (Lipinski definition) is 5. The zero-order chi connectivity index (χ0) is 37.1. The predicted molar refractivity (Wildman–Crippen MR) is 188 cm³/mol. The highest BCUT2D eigenvalue weighted by Crippen LogP contribution is 2.47. The highest BCUT2D eigenvalue weighted by molar-refractivity contribution is 5.92. The molecule has 1 unspecified atom stereocenters. The molecular formula is C37H47FN6O7. The minimum Gasteiger partial charge on any atom is -0.378 e. The number of hydrogen-bond acceptors (Lipinski definition) is 9. The van der Waals surface area contributed by atoms with E-state index in [2.05, 4.69) is 21.3 Å². The van der Waals surface area contributed by atoms with Crippen molar-refractivity contribution in [3.05, 3.63) is 62.2 Å². The van der Waals surface area contributed by atoms with E-state index in [0.717, 1.165) is 16.5 Å². The molecule has 2 heterocycles. The maximum Gasteiger partial charge on any atom is 0.254 e. The van der Waals surface area contributed by atoms with E-state index in [1.165, 1.54) is 10.6 Å². The highest BCUT2D eigenvalue weighted by atomic mass is 19.1. The molecule has 274 valence electrons. The molecule has 5 N–H and O–H groups in total. The standard InChI is InChI=1S/C37H47FN6O7/c1-6-22-25(37(50,7-2)18-45)14-30(44(8-3)34(22)48)28-13-24-27(10-9-23-21(4)26(38)15-29(42-28)33(23)24)43-35(49)36(11-12-36)19-51-20-41-32(47)17-40-31(46)16-39-5/h13-15,18,27,39,50H,6-12,16-17,19-20H2,1-5H3,(H,40,46)(H,41,47)(H,43,49)/t27?,37-/m1/s1. The Morgan fingerprint density at radius 1 is 1.14 bits per heavy atom. The van der Waals surface area contributed by atoms with Crippen LogP contribution in [0.4, 0.5) is 4.39 Å². The number of likely N-dealkylation sites (N-methyl/N-ethyl adjacent to an activating group) is 1. The van der Waals surface area contributed by atoms with Gasteiger partial charge < -0.3 is 35.7 Å². The first kappa shape index (κ1) is 37.7. The van der Waals surface area contributed by atoms with E-state index in [0.29, 0.717) is 66.4 Å². The molecule has 13 nitrogen and oxygen atoms in total. The summed E-state index contributed by atoms with van der Waals surface area (Å²) in [6.07, 6.45) is 3.02. The fourth-order valence-electron chi connectivity index (χ4n) is 6.91. The summed E-state index contributed by atoms with van der Waals surface area (Å²) in [6, 6.07) is 4.36. The number of nitrogens with zero attached hydrogens (tertiary/aromatic N) is 2. The first-order valence-electron chi connectivity index (χ1n) is 17.5. The lowest BCUT2D eigenvalue weighted by molar-refractivity contribution is -0.130. The van der Waals surface area contributed by atoms with Gasteiger partial charge in [-0.15, -0.1) is 0 Å². The number of aliphatic hydroxyl groups is 1. The average Bonchev–Trinajstić information content (AvgIpc) is 3.92. The maximum atomic E-state index is 15.3. The van der Waals surface area contributed by atoms with Crippen LogP contribution < -0.4 is 26.8 Å². The molecule has 1 aromatic carbocycles. The number of halogens is 1. The molecule has 2 aromatic heterocycles. The largest absolute Gasteiger partial charge is 0.378 e. The summed E-state index contributed by atoms with van der Waals surface area (Å²) in [7, 11) is 1.63. The number of nitrogens with one attached hydrogen (secondary N) is 4. The summed E-state index contributed by atoms with van der Waals surface area (Å²) < 4.78 is 22.5. The highest BCUT2D eigenvalue weighted by Gasteiger charge is 2.51. The molecule has 0 saturated heterocycles. The first-order valence-corrected chi connectivity index (χ1v) is 17.5. The van der Waals surface area contributed by atoms with Gasteiger partial charge in [0.05, 0.1) is 48.1 Å². The maximum absolute atomic E-state index is 15.3. The van der Waals surface area contributed by atoms with Crippen molar-refractivity contribution < 1.29 is 33.4 Å². The fraction of sp³-hybridized carbons (Fsp3) is 0.514. The summed E-state index contributed by atoms with van der Waals surface area (Å²) in [4.78, 5) is 68.2. The van der Waals surface area contributed by atoms with Gasteiger partial charge in [0.1, 0.15) is 18.1 Å². The van der Waals surface area contributed by atoms with E-state index in [1.807, 2.05) is 13.0 Å². The van der Waals surface area contributed by atoms with Gasteiger partial charge in [-0.05, 0) is 88.2 Å². The van der Waals surface area contributed by atoms with Gasteiger partial charge in [0.15, 0.2) is 6.29 Å². The number of pyridine rings is 2. The van der Waals surface area contributed by atoms with Gasteiger partial charge in [0, 0.05) is 29.1 Å². The number of carbonyl (C=O) groups is 4. The number of carbonyl (C=O) groups excluding carboxylic acids is 4.